The summed E-state index contributed by atoms with van der Waals surface area (Å²) in [6, 6.07) is 17.3. The highest BCUT2D eigenvalue weighted by molar-refractivity contribution is 9.08. The third-order valence-electron chi connectivity index (χ3n) is 8.83. The van der Waals surface area contributed by atoms with Gasteiger partial charge in [-0.1, -0.05) is 79.4 Å². The van der Waals surface area contributed by atoms with E-state index in [2.05, 4.69) is 37.5 Å². The van der Waals surface area contributed by atoms with Crippen LogP contribution in [0.2, 0.25) is 0 Å². The number of benzene rings is 3. The number of methoxy groups -OCH3 is 4. The summed E-state index contributed by atoms with van der Waals surface area (Å²) in [5, 5.41) is 0.743. The van der Waals surface area contributed by atoms with Gasteiger partial charge < -0.3 is 37.9 Å². The summed E-state index contributed by atoms with van der Waals surface area (Å²) in [6.45, 7) is 2.61. The lowest BCUT2D eigenvalue weighted by molar-refractivity contribution is -0.135. The van der Waals surface area contributed by atoms with Gasteiger partial charge in [-0.05, 0) is 90.9 Å². The second-order valence-corrected chi connectivity index (χ2v) is 13.7. The molecule has 3 rings (SSSR count). The fourth-order valence-electron chi connectivity index (χ4n) is 5.72. The van der Waals surface area contributed by atoms with Crippen LogP contribution in [0.4, 0.5) is 0 Å². The van der Waals surface area contributed by atoms with E-state index in [4.69, 9.17) is 28.4 Å². The Hall–Kier alpha value is -4.64. The molecule has 0 radical (unpaired) electrons. The fourth-order valence-corrected chi connectivity index (χ4v) is 6.04. The summed E-state index contributed by atoms with van der Waals surface area (Å²) in [6.07, 6.45) is 19.1. The van der Waals surface area contributed by atoms with Crippen LogP contribution in [0.25, 0.3) is 12.2 Å². The topological polar surface area (TPSA) is 108 Å². The van der Waals surface area contributed by atoms with Gasteiger partial charge in [-0.3, -0.25) is 0 Å². The van der Waals surface area contributed by atoms with Crippen molar-refractivity contribution in [1.29, 1.82) is 0 Å². The maximum Gasteiger partial charge on any atom is 0.330 e. The Morgan fingerprint density at radius 2 is 0.857 bits per heavy atom. The largest absolute Gasteiger partial charge is 0.493 e. The molecule has 0 atom stereocenters. The zero-order chi connectivity index (χ0) is 40.2. The van der Waals surface area contributed by atoms with Gasteiger partial charge in [0.2, 0.25) is 0 Å². The van der Waals surface area contributed by atoms with E-state index in [1.165, 1.54) is 26.4 Å². The van der Waals surface area contributed by atoms with Crippen LogP contribution in [0, 0.1) is 0 Å². The molecule has 0 saturated carbocycles. The third kappa shape index (κ3) is 18.3. The number of hydrogen-bond acceptors (Lipinski definition) is 10. The van der Waals surface area contributed by atoms with Crippen molar-refractivity contribution in [1.82, 2.24) is 0 Å². The van der Waals surface area contributed by atoms with Crippen molar-refractivity contribution >= 4 is 40.0 Å². The van der Waals surface area contributed by atoms with Crippen molar-refractivity contribution in [2.45, 2.75) is 82.4 Å². The van der Waals surface area contributed by atoms with Gasteiger partial charge >= 0.3 is 11.9 Å². The highest BCUT2D eigenvalue weighted by Crippen LogP contribution is 2.30. The summed E-state index contributed by atoms with van der Waals surface area (Å²) < 4.78 is 44.3. The van der Waals surface area contributed by atoms with Crippen molar-refractivity contribution in [2.24, 2.45) is 0 Å². The van der Waals surface area contributed by atoms with Crippen LogP contribution in [-0.2, 0) is 24.4 Å². The highest BCUT2D eigenvalue weighted by Gasteiger charge is 2.08. The molecule has 10 nitrogen and oxygen atoms in total. The zero-order valence-corrected chi connectivity index (χ0v) is 35.1. The summed E-state index contributed by atoms with van der Waals surface area (Å²) in [5.74, 6) is 3.55. The minimum Gasteiger partial charge on any atom is -0.493 e. The number of unbranched alkanes of at least 4 members (excludes halogenated alkanes) is 10. The van der Waals surface area contributed by atoms with Crippen LogP contribution >= 0.6 is 15.9 Å². The summed E-state index contributed by atoms with van der Waals surface area (Å²) in [4.78, 5) is 22.7. The molecular weight excluding hydrogens is 780 g/mol. The molecule has 11 heteroatoms. The van der Waals surface area contributed by atoms with E-state index in [0.717, 1.165) is 111 Å². The van der Waals surface area contributed by atoms with Crippen molar-refractivity contribution in [3.63, 3.8) is 0 Å². The van der Waals surface area contributed by atoms with Crippen LogP contribution in [0.5, 0.6) is 34.5 Å². The number of rotatable bonds is 29. The standard InChI is InChI=1S/C45H59BrO10/c1-49-42-31-35(19-23-44(47)51-3)17-21-40(42)55-27-15-11-7-5-9-13-25-53-38-29-37(34-46)30-39(33-38)54-26-14-10-6-8-12-16-28-56-41-22-18-36(32-43(41)50-2)20-24-45(48)52-4/h17-24,29-33H,5-16,25-28,34H2,1-4H3/b23-19+,24-20+. The van der Waals surface area contributed by atoms with Crippen molar-refractivity contribution in [3.8, 4) is 34.5 Å². The first-order valence-corrected chi connectivity index (χ1v) is 20.6. The van der Waals surface area contributed by atoms with Gasteiger partial charge in [-0.15, -0.1) is 0 Å². The summed E-state index contributed by atoms with van der Waals surface area (Å²) in [7, 11) is 5.91. The lowest BCUT2D eigenvalue weighted by Gasteiger charge is -2.12. The van der Waals surface area contributed by atoms with E-state index in [1.807, 2.05) is 42.5 Å². The maximum absolute atomic E-state index is 11.3. The normalized spacial score (nSPS) is 11.1. The number of hydrogen-bond donors (Lipinski definition) is 0. The molecule has 0 aliphatic carbocycles. The number of esters is 2. The molecule has 0 amide bonds. The van der Waals surface area contributed by atoms with Crippen molar-refractivity contribution in [3.05, 3.63) is 83.4 Å². The van der Waals surface area contributed by atoms with Crippen LogP contribution in [0.3, 0.4) is 0 Å². The van der Waals surface area contributed by atoms with Gasteiger partial charge in [0, 0.05) is 23.5 Å². The quantitative estimate of drug-likeness (QED) is 0.0290. The van der Waals surface area contributed by atoms with Crippen molar-refractivity contribution < 1.29 is 47.5 Å². The number of alkyl halides is 1. The molecule has 0 aliphatic heterocycles. The Bertz CT molecular complexity index is 1540. The lowest BCUT2D eigenvalue weighted by Crippen LogP contribution is -2.01. The Balaban J connectivity index is 1.21. The predicted molar refractivity (Wildman–Crippen MR) is 225 cm³/mol. The van der Waals surface area contributed by atoms with Gasteiger partial charge in [-0.25, -0.2) is 9.59 Å². The minimum absolute atomic E-state index is 0.404. The molecule has 0 spiro atoms. The van der Waals surface area contributed by atoms with Crippen LogP contribution < -0.4 is 28.4 Å². The van der Waals surface area contributed by atoms with E-state index < -0.39 is 11.9 Å². The van der Waals surface area contributed by atoms with E-state index in [9.17, 15) is 9.59 Å². The monoisotopic (exact) mass is 838 g/mol. The molecule has 0 unspecified atom stereocenters. The number of halogens is 1. The Labute approximate surface area is 341 Å². The molecule has 0 aromatic heterocycles. The van der Waals surface area contributed by atoms with Gasteiger partial charge in [0.05, 0.1) is 54.9 Å². The van der Waals surface area contributed by atoms with E-state index in [-0.39, 0.29) is 0 Å². The third-order valence-corrected chi connectivity index (χ3v) is 9.47. The van der Waals surface area contributed by atoms with Gasteiger partial charge in [0.15, 0.2) is 23.0 Å². The molecule has 0 saturated heterocycles. The molecule has 0 N–H and O–H groups in total. The highest BCUT2D eigenvalue weighted by atomic mass is 79.9. The molecular formula is C45H59BrO10. The van der Waals surface area contributed by atoms with Gasteiger partial charge in [0.25, 0.3) is 0 Å². The van der Waals surface area contributed by atoms with E-state index in [1.54, 1.807) is 26.4 Å². The second-order valence-electron chi connectivity index (χ2n) is 13.1. The van der Waals surface area contributed by atoms with Gasteiger partial charge in [-0.2, -0.15) is 0 Å². The molecule has 0 bridgehead atoms. The molecule has 3 aromatic rings. The lowest BCUT2D eigenvalue weighted by atomic mass is 10.1. The maximum atomic E-state index is 11.3. The Morgan fingerprint density at radius 3 is 1.21 bits per heavy atom. The minimum atomic E-state index is -0.404. The molecule has 3 aromatic carbocycles. The molecule has 0 fully saturated rings. The average Bonchev–Trinajstić information content (AvgIpc) is 3.23. The first-order chi connectivity index (χ1) is 27.4. The van der Waals surface area contributed by atoms with E-state index >= 15 is 0 Å². The number of carbonyl (C=O) groups is 2. The smallest absolute Gasteiger partial charge is 0.330 e. The van der Waals surface area contributed by atoms with Crippen LogP contribution in [0.1, 0.15) is 93.7 Å². The van der Waals surface area contributed by atoms with Gasteiger partial charge in [0.1, 0.15) is 11.5 Å². The predicted octanol–water partition coefficient (Wildman–Crippen LogP) is 10.6. The fraction of sp³-hybridized carbons (Fsp3) is 0.467. The first-order valence-electron chi connectivity index (χ1n) is 19.5. The van der Waals surface area contributed by atoms with Crippen molar-refractivity contribution in [2.75, 3.05) is 54.9 Å². The Morgan fingerprint density at radius 1 is 0.482 bits per heavy atom. The Kier molecular flexibility index (Phi) is 22.8. The molecule has 0 heterocycles. The molecule has 306 valence electrons. The van der Waals surface area contributed by atoms with E-state index in [0.29, 0.717) is 49.4 Å². The number of carbonyl (C=O) groups excluding carboxylic acids is 2. The number of ether oxygens (including phenoxy) is 8. The van der Waals surface area contributed by atoms with Crippen LogP contribution in [0.15, 0.2) is 66.7 Å². The molecule has 0 aliphatic rings. The second kappa shape index (κ2) is 27.9. The summed E-state index contributed by atoms with van der Waals surface area (Å²) in [5.41, 5.74) is 2.80. The molecule has 56 heavy (non-hydrogen) atoms. The first kappa shape index (κ1) is 45.7. The SMILES string of the molecule is COC(=O)/C=C/c1ccc(OCCCCCCCCOc2cc(CBr)cc(OCCCCCCCCOc3ccc(/C=C/C(=O)OC)cc3OC)c2)c(OC)c1. The average molecular weight is 840 g/mol. The zero-order valence-electron chi connectivity index (χ0n) is 33.5. The summed E-state index contributed by atoms with van der Waals surface area (Å²) >= 11 is 3.58. The van der Waals surface area contributed by atoms with Crippen LogP contribution in [-0.4, -0.2) is 66.8 Å².